The third-order valence-electron chi connectivity index (χ3n) is 8.45. The van der Waals surface area contributed by atoms with Crippen LogP contribution in [-0.4, -0.2) is 60.3 Å². The molecule has 2 aromatic carbocycles. The summed E-state index contributed by atoms with van der Waals surface area (Å²) in [6.45, 7) is 15.4. The highest BCUT2D eigenvalue weighted by Gasteiger charge is 2.32. The second kappa shape index (κ2) is 12.3. The van der Waals surface area contributed by atoms with Crippen molar-refractivity contribution >= 4 is 37.9 Å². The van der Waals surface area contributed by atoms with Crippen LogP contribution in [0.25, 0.3) is 21.8 Å². The Kier molecular flexibility index (Phi) is 8.52. The molecule has 1 amide bonds. The van der Waals surface area contributed by atoms with E-state index in [2.05, 4.69) is 17.2 Å². The molecule has 3 aromatic heterocycles. The van der Waals surface area contributed by atoms with Gasteiger partial charge in [-0.15, -0.1) is 0 Å². The van der Waals surface area contributed by atoms with E-state index >= 15 is 0 Å². The summed E-state index contributed by atoms with van der Waals surface area (Å²) >= 11 is 0. The largest absolute Gasteiger partial charge is 0.492 e. The molecule has 2 aliphatic rings. The Bertz CT molecular complexity index is 2050. The Morgan fingerprint density at radius 2 is 1.68 bits per heavy atom. The van der Waals surface area contributed by atoms with E-state index < -0.39 is 15.6 Å². The van der Waals surface area contributed by atoms with Crippen molar-refractivity contribution in [3.8, 4) is 11.5 Å². The highest BCUT2D eigenvalue weighted by atomic mass is 32.2. The lowest BCUT2D eigenvalue weighted by atomic mass is 10.0. The Morgan fingerprint density at radius 3 is 2.40 bits per heavy atom. The summed E-state index contributed by atoms with van der Waals surface area (Å²) in [7, 11) is -3.72. The molecule has 0 radical (unpaired) electrons. The molecule has 0 aliphatic carbocycles. The number of amides is 1. The average molecular weight is 663 g/mol. The Balaban J connectivity index is 0.000000166. The molecule has 5 aromatic rings. The number of nitrogens with one attached hydrogen (secondary N) is 2. The lowest BCUT2D eigenvalue weighted by Crippen LogP contribution is -2.39. The maximum atomic E-state index is 13.1. The zero-order valence-corrected chi connectivity index (χ0v) is 28.7. The standard InChI is InChI=1S/C18H20N2O4S.C17H22N2O3/c1-11-10-17(13(3)24-11)25(21,22)20-8-6-14-15(20)4-5-16-18(14)12(2)19-7-9-23-16;1-11-15-12-7-8-18-13(12)5-6-14(15)21-10-9-19(11)16(20)22-17(2,3)4/h4-6,8,10,12,19H,7,9H2,1-3H3;5-8,11,18H,9-10H2,1-4H3. The van der Waals surface area contributed by atoms with Crippen molar-refractivity contribution < 1.29 is 31.8 Å². The zero-order valence-electron chi connectivity index (χ0n) is 27.8. The SMILES string of the molecule is CC1c2c(ccc3[nH]ccc23)OCCN1C(=O)OC(C)(C)C.Cc1cc(S(=O)(=O)n2ccc3c4c(ccc32)OCCNC4C)c(C)o1. The first-order valence-corrected chi connectivity index (χ1v) is 17.3. The molecule has 0 bridgehead atoms. The number of aromatic amines is 1. The number of aromatic nitrogens is 2. The van der Waals surface area contributed by atoms with Gasteiger partial charge in [-0.3, -0.25) is 4.90 Å². The third kappa shape index (κ3) is 6.19. The van der Waals surface area contributed by atoms with E-state index in [4.69, 9.17) is 18.6 Å². The number of carbonyl (C=O) groups is 1. The molecule has 0 spiro atoms. The van der Waals surface area contributed by atoms with Crippen LogP contribution in [0.3, 0.4) is 0 Å². The summed E-state index contributed by atoms with van der Waals surface area (Å²) in [6.07, 6.45) is 3.20. The van der Waals surface area contributed by atoms with E-state index in [0.717, 1.165) is 45.5 Å². The van der Waals surface area contributed by atoms with Crippen LogP contribution in [0, 0.1) is 13.8 Å². The van der Waals surface area contributed by atoms with Gasteiger partial charge in [-0.2, -0.15) is 0 Å². The van der Waals surface area contributed by atoms with E-state index in [0.29, 0.717) is 36.8 Å². The highest BCUT2D eigenvalue weighted by Crippen LogP contribution is 2.39. The van der Waals surface area contributed by atoms with E-state index in [9.17, 15) is 13.2 Å². The van der Waals surface area contributed by atoms with E-state index in [-0.39, 0.29) is 23.1 Å². The summed E-state index contributed by atoms with van der Waals surface area (Å²) in [6, 6.07) is 13.0. The van der Waals surface area contributed by atoms with Gasteiger partial charge in [0.15, 0.2) is 0 Å². The van der Waals surface area contributed by atoms with Crippen LogP contribution in [0.5, 0.6) is 11.5 Å². The first-order chi connectivity index (χ1) is 22.3. The molecule has 2 atom stereocenters. The molecule has 47 heavy (non-hydrogen) atoms. The molecule has 12 heteroatoms. The van der Waals surface area contributed by atoms with Gasteiger partial charge in [0.1, 0.15) is 46.7 Å². The molecule has 7 rings (SSSR count). The smallest absolute Gasteiger partial charge is 0.410 e. The van der Waals surface area contributed by atoms with Gasteiger partial charge in [0.25, 0.3) is 10.0 Å². The number of furan rings is 1. The van der Waals surface area contributed by atoms with Crippen molar-refractivity contribution in [2.75, 3.05) is 26.3 Å². The molecule has 0 fully saturated rings. The number of hydrogen-bond acceptors (Lipinski definition) is 8. The minimum absolute atomic E-state index is 0.0812. The number of H-pyrrole nitrogens is 1. The van der Waals surface area contributed by atoms with Crippen molar-refractivity contribution in [1.82, 2.24) is 19.2 Å². The number of ether oxygens (including phenoxy) is 3. The molecule has 11 nitrogen and oxygen atoms in total. The third-order valence-corrected chi connectivity index (χ3v) is 10.3. The maximum Gasteiger partial charge on any atom is 0.410 e. The van der Waals surface area contributed by atoms with Crippen LogP contribution in [0.15, 0.2) is 64.2 Å². The molecular weight excluding hydrogens is 620 g/mol. The molecule has 0 saturated heterocycles. The minimum Gasteiger partial charge on any atom is -0.492 e. The van der Waals surface area contributed by atoms with Crippen LogP contribution in [-0.2, 0) is 14.8 Å². The summed E-state index contributed by atoms with van der Waals surface area (Å²) in [5.41, 5.74) is 3.19. The lowest BCUT2D eigenvalue weighted by molar-refractivity contribution is 0.0168. The fraction of sp³-hybridized carbons (Fsp3) is 0.400. The monoisotopic (exact) mass is 662 g/mol. The van der Waals surface area contributed by atoms with Gasteiger partial charge in [-0.05, 0) is 84.9 Å². The number of fused-ring (bicyclic) bond motifs is 6. The normalized spacial score (nSPS) is 18.2. The van der Waals surface area contributed by atoms with E-state index in [1.54, 1.807) is 37.1 Å². The number of aryl methyl sites for hydroxylation is 2. The summed E-state index contributed by atoms with van der Waals surface area (Å²) in [5.74, 6) is 2.61. The van der Waals surface area contributed by atoms with Crippen molar-refractivity contribution in [2.24, 2.45) is 0 Å². The molecule has 2 unspecified atom stereocenters. The van der Waals surface area contributed by atoms with Gasteiger partial charge < -0.3 is 28.9 Å². The van der Waals surface area contributed by atoms with Gasteiger partial charge in [0, 0.05) is 58.5 Å². The predicted molar refractivity (Wildman–Crippen MR) is 180 cm³/mol. The quantitative estimate of drug-likeness (QED) is 0.207. The second-order valence-electron chi connectivity index (χ2n) is 12.9. The van der Waals surface area contributed by atoms with Gasteiger partial charge in [0.2, 0.25) is 0 Å². The Labute approximate surface area is 274 Å². The van der Waals surface area contributed by atoms with Crippen LogP contribution in [0.1, 0.15) is 69.3 Å². The molecule has 2 aliphatic heterocycles. The van der Waals surface area contributed by atoms with Crippen molar-refractivity contribution in [3.05, 3.63) is 77.5 Å². The van der Waals surface area contributed by atoms with E-state index in [1.807, 2.05) is 64.2 Å². The molecule has 250 valence electrons. The number of hydrogen-bond donors (Lipinski definition) is 2. The van der Waals surface area contributed by atoms with Crippen LogP contribution < -0.4 is 14.8 Å². The summed E-state index contributed by atoms with van der Waals surface area (Å²) in [5, 5.41) is 5.35. The first kappa shape index (κ1) is 32.5. The Morgan fingerprint density at radius 1 is 0.957 bits per heavy atom. The first-order valence-electron chi connectivity index (χ1n) is 15.8. The fourth-order valence-corrected chi connectivity index (χ4v) is 7.92. The van der Waals surface area contributed by atoms with Crippen molar-refractivity contribution in [1.29, 1.82) is 0 Å². The van der Waals surface area contributed by atoms with Gasteiger partial charge in [-0.25, -0.2) is 17.2 Å². The minimum atomic E-state index is -3.72. The maximum absolute atomic E-state index is 13.1. The topological polar surface area (TPSA) is 128 Å². The van der Waals surface area contributed by atoms with Crippen LogP contribution in [0.4, 0.5) is 4.79 Å². The number of carbonyl (C=O) groups excluding carboxylic acids is 1. The average Bonchev–Trinajstić information content (AvgIpc) is 3.68. The summed E-state index contributed by atoms with van der Waals surface area (Å²) < 4.78 is 50.1. The number of rotatable bonds is 2. The predicted octanol–water partition coefficient (Wildman–Crippen LogP) is 6.99. The lowest BCUT2D eigenvalue weighted by Gasteiger charge is -2.30. The van der Waals surface area contributed by atoms with E-state index in [1.165, 1.54) is 3.97 Å². The molecule has 2 N–H and O–H groups in total. The van der Waals surface area contributed by atoms with Gasteiger partial charge in [-0.1, -0.05) is 0 Å². The molecule has 5 heterocycles. The number of benzene rings is 2. The second-order valence-corrected chi connectivity index (χ2v) is 14.7. The van der Waals surface area contributed by atoms with Crippen molar-refractivity contribution in [2.45, 2.75) is 71.0 Å². The highest BCUT2D eigenvalue weighted by molar-refractivity contribution is 7.90. The van der Waals surface area contributed by atoms with Crippen LogP contribution in [0.2, 0.25) is 0 Å². The van der Waals surface area contributed by atoms with Gasteiger partial charge in [0.05, 0.1) is 18.1 Å². The zero-order chi connectivity index (χ0) is 33.7. The van der Waals surface area contributed by atoms with Gasteiger partial charge >= 0.3 is 6.09 Å². The fourth-order valence-electron chi connectivity index (χ4n) is 6.35. The van der Waals surface area contributed by atoms with Crippen LogP contribution >= 0.6 is 0 Å². The Hall–Kier alpha value is -4.42. The number of nitrogens with zero attached hydrogens (tertiary/aromatic N) is 2. The summed E-state index contributed by atoms with van der Waals surface area (Å²) in [4.78, 5) is 17.6. The molecular formula is C35H42N4O7S. The van der Waals surface area contributed by atoms with Crippen molar-refractivity contribution in [3.63, 3.8) is 0 Å². The molecule has 0 saturated carbocycles.